The summed E-state index contributed by atoms with van der Waals surface area (Å²) in [6, 6.07) is 0. The van der Waals surface area contributed by atoms with Crippen molar-refractivity contribution >= 4 is 30.9 Å². The van der Waals surface area contributed by atoms with Gasteiger partial charge in [0.25, 0.3) is 11.8 Å². The van der Waals surface area contributed by atoms with E-state index in [0.29, 0.717) is 5.06 Å². The minimum Gasteiger partial charge on any atom is -0.334 e. The second-order valence-electron chi connectivity index (χ2n) is 1.95. The molecular weight excluding hydrogens is 170 g/mol. The number of thiol groups is 1. The van der Waals surface area contributed by atoms with E-state index in [1.807, 2.05) is 0 Å². The van der Waals surface area contributed by atoms with Crippen molar-refractivity contribution in [1.29, 1.82) is 0 Å². The minimum absolute atomic E-state index is 0.0181. The van der Waals surface area contributed by atoms with E-state index in [9.17, 15) is 14.4 Å². The Bertz CT molecular complexity index is 217. The molecule has 5 nitrogen and oxygen atoms in total. The maximum Gasteiger partial charge on any atom is 0.321 e. The second kappa shape index (κ2) is 2.91. The second-order valence-corrected chi connectivity index (χ2v) is 2.57. The quantitative estimate of drug-likeness (QED) is 0.336. The highest BCUT2D eigenvalue weighted by atomic mass is 32.1. The molecule has 0 spiro atoms. The van der Waals surface area contributed by atoms with Gasteiger partial charge in [-0.15, -0.1) is 5.06 Å². The van der Waals surface area contributed by atoms with Crippen molar-refractivity contribution in [2.45, 2.75) is 11.7 Å². The predicted molar refractivity (Wildman–Crippen MR) is 36.4 cm³/mol. The first kappa shape index (κ1) is 8.06. The van der Waals surface area contributed by atoms with Crippen LogP contribution in [0.2, 0.25) is 0 Å². The Kier molecular flexibility index (Phi) is 2.13. The van der Waals surface area contributed by atoms with Crippen molar-refractivity contribution in [3.8, 4) is 0 Å². The first-order chi connectivity index (χ1) is 5.16. The Morgan fingerprint density at radius 1 is 1.64 bits per heavy atom. The Hall–Kier alpha value is -1.04. The van der Waals surface area contributed by atoms with Crippen LogP contribution in [0.25, 0.3) is 0 Å². The Morgan fingerprint density at radius 3 is 2.64 bits per heavy atom. The third-order valence-electron chi connectivity index (χ3n) is 1.23. The lowest BCUT2D eigenvalue weighted by molar-refractivity contribution is -0.187. The zero-order valence-electron chi connectivity index (χ0n) is 5.39. The van der Waals surface area contributed by atoms with E-state index in [1.54, 1.807) is 0 Å². The molecule has 1 saturated heterocycles. The number of hydrogen-bond acceptors (Lipinski definition) is 5. The minimum atomic E-state index is -0.678. The molecule has 0 aromatic heterocycles. The van der Waals surface area contributed by atoms with Gasteiger partial charge in [-0.25, -0.2) is 0 Å². The Morgan fingerprint density at radius 2 is 2.27 bits per heavy atom. The molecule has 0 aliphatic carbocycles. The van der Waals surface area contributed by atoms with Gasteiger partial charge < -0.3 is 4.84 Å². The SMILES string of the molecule is O=CON1C(=O)CC(S)C1=O. The number of imide groups is 1. The van der Waals surface area contributed by atoms with Crippen LogP contribution in [0.15, 0.2) is 0 Å². The van der Waals surface area contributed by atoms with Crippen LogP contribution in [0.1, 0.15) is 6.42 Å². The predicted octanol–water partition coefficient (Wildman–Crippen LogP) is -0.868. The summed E-state index contributed by atoms with van der Waals surface area (Å²) in [4.78, 5) is 35.5. The molecule has 1 rings (SSSR count). The first-order valence-electron chi connectivity index (χ1n) is 2.82. The molecule has 6 heteroatoms. The molecule has 0 aromatic rings. The fraction of sp³-hybridized carbons (Fsp3) is 0.400. The molecule has 1 atom stereocenters. The van der Waals surface area contributed by atoms with Gasteiger partial charge >= 0.3 is 6.47 Å². The van der Waals surface area contributed by atoms with Crippen molar-refractivity contribution in [3.63, 3.8) is 0 Å². The van der Waals surface area contributed by atoms with Crippen molar-refractivity contribution in [3.05, 3.63) is 0 Å². The standard InChI is InChI=1S/C5H5NO4S/c7-2-10-6-4(8)1-3(11)5(6)9/h2-3,11H,1H2. The van der Waals surface area contributed by atoms with Gasteiger partial charge in [-0.3, -0.25) is 14.4 Å². The average Bonchev–Trinajstić information content (AvgIpc) is 2.17. The van der Waals surface area contributed by atoms with Crippen LogP contribution in [-0.4, -0.2) is 28.6 Å². The smallest absolute Gasteiger partial charge is 0.321 e. The number of rotatable bonds is 2. The summed E-state index contributed by atoms with van der Waals surface area (Å²) in [6.45, 7) is 0.0294. The van der Waals surface area contributed by atoms with Crippen LogP contribution in [0.3, 0.4) is 0 Å². The normalized spacial score (nSPS) is 24.1. The number of amides is 2. The highest BCUT2D eigenvalue weighted by Gasteiger charge is 2.38. The zero-order chi connectivity index (χ0) is 8.43. The topological polar surface area (TPSA) is 63.7 Å². The summed E-state index contributed by atoms with van der Waals surface area (Å²) in [5, 5.41) is -0.257. The van der Waals surface area contributed by atoms with Gasteiger partial charge in [0.05, 0.1) is 11.7 Å². The molecule has 1 unspecified atom stereocenters. The van der Waals surface area contributed by atoms with Gasteiger partial charge in [0, 0.05) is 0 Å². The van der Waals surface area contributed by atoms with Crippen LogP contribution >= 0.6 is 12.6 Å². The van der Waals surface area contributed by atoms with Crippen molar-refractivity contribution in [2.75, 3.05) is 0 Å². The maximum atomic E-state index is 10.9. The van der Waals surface area contributed by atoms with Gasteiger partial charge in [0.2, 0.25) is 0 Å². The highest BCUT2D eigenvalue weighted by molar-refractivity contribution is 7.81. The molecule has 1 aliphatic heterocycles. The van der Waals surface area contributed by atoms with Crippen molar-refractivity contribution < 1.29 is 19.2 Å². The van der Waals surface area contributed by atoms with Gasteiger partial charge in [-0.1, -0.05) is 0 Å². The van der Waals surface area contributed by atoms with Gasteiger partial charge in [0.15, 0.2) is 0 Å². The van der Waals surface area contributed by atoms with Crippen LogP contribution in [-0.2, 0) is 19.2 Å². The molecule has 0 radical (unpaired) electrons. The molecule has 0 bridgehead atoms. The molecule has 1 aliphatic rings. The molecular formula is C5H5NO4S. The van der Waals surface area contributed by atoms with E-state index in [0.717, 1.165) is 0 Å². The number of carbonyl (C=O) groups excluding carboxylic acids is 3. The third kappa shape index (κ3) is 1.35. The largest absolute Gasteiger partial charge is 0.334 e. The fourth-order valence-electron chi connectivity index (χ4n) is 0.748. The van der Waals surface area contributed by atoms with E-state index in [1.165, 1.54) is 0 Å². The summed E-state index contributed by atoms with van der Waals surface area (Å²) in [5.74, 6) is -1.13. The van der Waals surface area contributed by atoms with E-state index in [2.05, 4.69) is 17.5 Å². The van der Waals surface area contributed by atoms with Gasteiger partial charge in [0.1, 0.15) is 0 Å². The monoisotopic (exact) mass is 175 g/mol. The lowest BCUT2D eigenvalue weighted by atomic mass is 10.4. The van der Waals surface area contributed by atoms with Gasteiger partial charge in [-0.05, 0) is 0 Å². The molecule has 2 amide bonds. The molecule has 0 saturated carbocycles. The summed E-state index contributed by atoms with van der Waals surface area (Å²) in [7, 11) is 0. The van der Waals surface area contributed by atoms with E-state index in [4.69, 9.17) is 0 Å². The highest BCUT2D eigenvalue weighted by Crippen LogP contribution is 2.16. The fourth-order valence-corrected chi connectivity index (χ4v) is 1.01. The molecule has 0 aromatic carbocycles. The van der Waals surface area contributed by atoms with Crippen molar-refractivity contribution in [1.82, 2.24) is 5.06 Å². The Balaban J connectivity index is 2.71. The number of hydroxylamine groups is 2. The lowest BCUT2D eigenvalue weighted by Gasteiger charge is -2.07. The number of nitrogens with zero attached hydrogens (tertiary/aromatic N) is 1. The third-order valence-corrected chi connectivity index (χ3v) is 1.63. The summed E-state index contributed by atoms with van der Waals surface area (Å²) in [6.07, 6.45) is -0.0181. The van der Waals surface area contributed by atoms with Crippen LogP contribution in [0, 0.1) is 0 Å². The van der Waals surface area contributed by atoms with Crippen LogP contribution in [0.5, 0.6) is 0 Å². The average molecular weight is 175 g/mol. The Labute approximate surface area is 67.7 Å². The number of carbonyl (C=O) groups is 3. The summed E-state index contributed by atoms with van der Waals surface area (Å²) < 4.78 is 0. The molecule has 0 N–H and O–H groups in total. The zero-order valence-corrected chi connectivity index (χ0v) is 6.28. The summed E-state index contributed by atoms with van der Waals surface area (Å²) in [5.41, 5.74) is 0. The van der Waals surface area contributed by atoms with E-state index >= 15 is 0 Å². The molecule has 1 fully saturated rings. The van der Waals surface area contributed by atoms with Crippen molar-refractivity contribution in [2.24, 2.45) is 0 Å². The van der Waals surface area contributed by atoms with E-state index in [-0.39, 0.29) is 12.9 Å². The lowest BCUT2D eigenvalue weighted by Crippen LogP contribution is -2.30. The maximum absolute atomic E-state index is 10.9. The number of hydrogen-bond donors (Lipinski definition) is 1. The molecule has 1 heterocycles. The van der Waals surface area contributed by atoms with Crippen LogP contribution in [0.4, 0.5) is 0 Å². The van der Waals surface area contributed by atoms with Crippen LogP contribution < -0.4 is 0 Å². The van der Waals surface area contributed by atoms with Gasteiger partial charge in [-0.2, -0.15) is 12.6 Å². The van der Waals surface area contributed by atoms with E-state index < -0.39 is 17.1 Å². The summed E-state index contributed by atoms with van der Waals surface area (Å²) >= 11 is 3.79. The molecule has 60 valence electrons. The molecule has 11 heavy (non-hydrogen) atoms. The first-order valence-corrected chi connectivity index (χ1v) is 3.33.